The topological polar surface area (TPSA) is 67.4 Å². The number of esters is 1. The van der Waals surface area contributed by atoms with Gasteiger partial charge in [0.1, 0.15) is 0 Å². The minimum atomic E-state index is -0.443. The van der Waals surface area contributed by atoms with E-state index in [2.05, 4.69) is 15.4 Å². The van der Waals surface area contributed by atoms with E-state index in [0.717, 1.165) is 23.2 Å². The Bertz CT molecular complexity index is 726. The largest absolute Gasteiger partial charge is 0.465 e. The first-order chi connectivity index (χ1) is 11.0. The first-order valence-corrected chi connectivity index (χ1v) is 7.40. The average Bonchev–Trinajstić information content (AvgIpc) is 2.56. The summed E-state index contributed by atoms with van der Waals surface area (Å²) >= 11 is 0. The van der Waals surface area contributed by atoms with Gasteiger partial charge in [0.25, 0.3) is 0 Å². The summed E-state index contributed by atoms with van der Waals surface area (Å²) in [6, 6.07) is 12.2. The molecule has 2 rings (SSSR count). The maximum absolute atomic E-state index is 12.2. The number of ether oxygens (including phenoxy) is 1. The van der Waals surface area contributed by atoms with Crippen LogP contribution in [0.25, 0.3) is 0 Å². The highest BCUT2D eigenvalue weighted by molar-refractivity contribution is 6.01. The van der Waals surface area contributed by atoms with Crippen molar-refractivity contribution in [3.63, 3.8) is 0 Å². The van der Waals surface area contributed by atoms with Gasteiger partial charge in [0.05, 0.1) is 12.7 Å². The Balaban J connectivity index is 2.13. The summed E-state index contributed by atoms with van der Waals surface area (Å²) < 4.78 is 4.67. The van der Waals surface area contributed by atoms with E-state index in [4.69, 9.17) is 0 Å². The smallest absolute Gasteiger partial charge is 0.337 e. The van der Waals surface area contributed by atoms with Crippen LogP contribution < -0.4 is 10.6 Å². The molecule has 2 N–H and O–H groups in total. The number of amides is 2. The Hall–Kier alpha value is -2.82. The lowest BCUT2D eigenvalue weighted by atomic mass is 10.1. The third-order valence-corrected chi connectivity index (χ3v) is 3.52. The third kappa shape index (κ3) is 4.10. The van der Waals surface area contributed by atoms with Gasteiger partial charge < -0.3 is 15.4 Å². The number of nitrogens with one attached hydrogen (secondary N) is 2. The summed E-state index contributed by atoms with van der Waals surface area (Å²) in [6.45, 7) is 3.99. The number of carbonyl (C=O) groups excluding carboxylic acids is 2. The number of rotatable bonds is 4. The zero-order valence-corrected chi connectivity index (χ0v) is 13.5. The molecular formula is C18H20N2O3. The molecule has 2 aromatic carbocycles. The second-order valence-electron chi connectivity index (χ2n) is 5.11. The number of methoxy groups -OCH3 is 1. The molecule has 120 valence electrons. The van der Waals surface area contributed by atoms with Crippen molar-refractivity contribution in [2.45, 2.75) is 20.3 Å². The number of anilines is 2. The number of aryl methyl sites for hydroxylation is 2. The Morgan fingerprint density at radius 2 is 1.83 bits per heavy atom. The van der Waals surface area contributed by atoms with Crippen molar-refractivity contribution >= 4 is 23.4 Å². The molecule has 0 atom stereocenters. The standard InChI is InChI=1S/C18H20N2O3/c1-4-13-8-5-7-12(2)16(13)20-18(22)19-15-10-6-9-14(11-15)17(21)23-3/h5-11H,4H2,1-3H3,(H2,19,20,22). The number of urea groups is 1. The molecule has 0 radical (unpaired) electrons. The van der Waals surface area contributed by atoms with E-state index in [1.54, 1.807) is 24.3 Å². The molecule has 0 saturated carbocycles. The summed E-state index contributed by atoms with van der Waals surface area (Å²) in [5.41, 5.74) is 3.80. The van der Waals surface area contributed by atoms with Crippen LogP contribution >= 0.6 is 0 Å². The number of para-hydroxylation sites is 1. The quantitative estimate of drug-likeness (QED) is 0.839. The Labute approximate surface area is 135 Å². The summed E-state index contributed by atoms with van der Waals surface area (Å²) in [7, 11) is 1.32. The summed E-state index contributed by atoms with van der Waals surface area (Å²) in [5, 5.41) is 5.61. The molecule has 2 amide bonds. The molecule has 0 aliphatic carbocycles. The lowest BCUT2D eigenvalue weighted by Gasteiger charge is -2.14. The van der Waals surface area contributed by atoms with Gasteiger partial charge in [-0.05, 0) is 42.7 Å². The third-order valence-electron chi connectivity index (χ3n) is 3.52. The van der Waals surface area contributed by atoms with Crippen LogP contribution in [0.4, 0.5) is 16.2 Å². The van der Waals surface area contributed by atoms with Crippen LogP contribution in [-0.4, -0.2) is 19.1 Å². The summed E-state index contributed by atoms with van der Waals surface area (Å²) in [6.07, 6.45) is 0.828. The highest BCUT2D eigenvalue weighted by Crippen LogP contribution is 2.21. The zero-order valence-electron chi connectivity index (χ0n) is 13.5. The van der Waals surface area contributed by atoms with E-state index < -0.39 is 5.97 Å². The Morgan fingerprint density at radius 1 is 1.09 bits per heavy atom. The summed E-state index contributed by atoms with van der Waals surface area (Å²) in [4.78, 5) is 23.7. The van der Waals surface area contributed by atoms with Crippen LogP contribution in [0.2, 0.25) is 0 Å². The van der Waals surface area contributed by atoms with E-state index in [1.165, 1.54) is 7.11 Å². The van der Waals surface area contributed by atoms with Crippen LogP contribution in [0, 0.1) is 6.92 Å². The van der Waals surface area contributed by atoms with Crippen molar-refractivity contribution in [2.24, 2.45) is 0 Å². The van der Waals surface area contributed by atoms with Gasteiger partial charge in [-0.2, -0.15) is 0 Å². The zero-order chi connectivity index (χ0) is 16.8. The van der Waals surface area contributed by atoms with Crippen molar-refractivity contribution in [1.82, 2.24) is 0 Å². The molecule has 0 aliphatic rings. The van der Waals surface area contributed by atoms with Crippen molar-refractivity contribution in [3.05, 3.63) is 59.2 Å². The molecule has 0 heterocycles. The number of hydrogen-bond donors (Lipinski definition) is 2. The SMILES string of the molecule is CCc1cccc(C)c1NC(=O)Nc1cccc(C(=O)OC)c1. The van der Waals surface area contributed by atoms with Gasteiger partial charge in [-0.1, -0.05) is 31.2 Å². The van der Waals surface area contributed by atoms with Gasteiger partial charge in [-0.25, -0.2) is 9.59 Å². The minimum absolute atomic E-state index is 0.351. The molecular weight excluding hydrogens is 292 g/mol. The minimum Gasteiger partial charge on any atom is -0.465 e. The lowest BCUT2D eigenvalue weighted by molar-refractivity contribution is 0.0600. The summed E-state index contributed by atoms with van der Waals surface area (Å²) in [5.74, 6) is -0.443. The second kappa shape index (κ2) is 7.45. The van der Waals surface area contributed by atoms with Crippen LogP contribution in [0.3, 0.4) is 0 Å². The Morgan fingerprint density at radius 3 is 2.52 bits per heavy atom. The average molecular weight is 312 g/mol. The molecule has 0 aromatic heterocycles. The lowest BCUT2D eigenvalue weighted by Crippen LogP contribution is -2.21. The predicted molar refractivity (Wildman–Crippen MR) is 91.0 cm³/mol. The normalized spacial score (nSPS) is 10.0. The van der Waals surface area contributed by atoms with E-state index in [-0.39, 0.29) is 6.03 Å². The van der Waals surface area contributed by atoms with E-state index >= 15 is 0 Å². The maximum Gasteiger partial charge on any atom is 0.337 e. The molecule has 2 aromatic rings. The maximum atomic E-state index is 12.2. The van der Waals surface area contributed by atoms with Crippen molar-refractivity contribution < 1.29 is 14.3 Å². The van der Waals surface area contributed by atoms with Gasteiger partial charge >= 0.3 is 12.0 Å². The monoisotopic (exact) mass is 312 g/mol. The van der Waals surface area contributed by atoms with E-state index in [9.17, 15) is 9.59 Å². The molecule has 0 fully saturated rings. The molecule has 23 heavy (non-hydrogen) atoms. The van der Waals surface area contributed by atoms with Gasteiger partial charge in [0, 0.05) is 11.4 Å². The van der Waals surface area contributed by atoms with Gasteiger partial charge in [0.2, 0.25) is 0 Å². The molecule has 5 heteroatoms. The fraction of sp³-hybridized carbons (Fsp3) is 0.222. The van der Waals surface area contributed by atoms with Gasteiger partial charge in [0.15, 0.2) is 0 Å². The van der Waals surface area contributed by atoms with E-state index in [1.807, 2.05) is 32.0 Å². The van der Waals surface area contributed by atoms with Crippen LogP contribution in [0.1, 0.15) is 28.4 Å². The van der Waals surface area contributed by atoms with Crippen LogP contribution in [0.5, 0.6) is 0 Å². The molecule has 0 unspecified atom stereocenters. The molecule has 0 bridgehead atoms. The van der Waals surface area contributed by atoms with Crippen molar-refractivity contribution in [2.75, 3.05) is 17.7 Å². The number of carbonyl (C=O) groups is 2. The molecule has 0 saturated heterocycles. The van der Waals surface area contributed by atoms with Crippen molar-refractivity contribution in [1.29, 1.82) is 0 Å². The van der Waals surface area contributed by atoms with Crippen molar-refractivity contribution in [3.8, 4) is 0 Å². The van der Waals surface area contributed by atoms with Crippen LogP contribution in [0.15, 0.2) is 42.5 Å². The van der Waals surface area contributed by atoms with Gasteiger partial charge in [-0.3, -0.25) is 0 Å². The molecule has 0 spiro atoms. The number of hydrogen-bond acceptors (Lipinski definition) is 3. The fourth-order valence-corrected chi connectivity index (χ4v) is 2.32. The van der Waals surface area contributed by atoms with Gasteiger partial charge in [-0.15, -0.1) is 0 Å². The highest BCUT2D eigenvalue weighted by atomic mass is 16.5. The Kier molecular flexibility index (Phi) is 5.36. The molecule has 5 nitrogen and oxygen atoms in total. The predicted octanol–water partition coefficient (Wildman–Crippen LogP) is 3.99. The second-order valence-corrected chi connectivity index (χ2v) is 5.11. The van der Waals surface area contributed by atoms with Crippen LogP contribution in [-0.2, 0) is 11.2 Å². The highest BCUT2D eigenvalue weighted by Gasteiger charge is 2.10. The first-order valence-electron chi connectivity index (χ1n) is 7.40. The number of benzene rings is 2. The van der Waals surface area contributed by atoms with E-state index in [0.29, 0.717) is 11.3 Å². The fourth-order valence-electron chi connectivity index (χ4n) is 2.32. The molecule has 0 aliphatic heterocycles. The first kappa shape index (κ1) is 16.5.